The lowest BCUT2D eigenvalue weighted by Gasteiger charge is -2.15. The first kappa shape index (κ1) is 20.9. The van der Waals surface area contributed by atoms with Crippen LogP contribution in [-0.4, -0.2) is 26.9 Å². The zero-order valence-electron chi connectivity index (χ0n) is 13.0. The van der Waals surface area contributed by atoms with Crippen molar-refractivity contribution in [2.45, 2.75) is 38.1 Å². The van der Waals surface area contributed by atoms with Gasteiger partial charge in [0.05, 0.1) is 10.8 Å². The average molecular weight is 350 g/mol. The Morgan fingerprint density at radius 3 is 2.23 bits per heavy atom. The van der Waals surface area contributed by atoms with Gasteiger partial charge in [0.2, 0.25) is 15.9 Å². The minimum Gasteiger partial charge on any atom is -0.327 e. The van der Waals surface area contributed by atoms with Gasteiger partial charge < -0.3 is 11.1 Å². The molecule has 0 saturated carbocycles. The van der Waals surface area contributed by atoms with Gasteiger partial charge in [0.25, 0.3) is 0 Å². The van der Waals surface area contributed by atoms with Crippen LogP contribution in [0.3, 0.4) is 0 Å². The van der Waals surface area contributed by atoms with Gasteiger partial charge in [-0.15, -0.1) is 12.4 Å². The number of hydrogen-bond acceptors (Lipinski definition) is 4. The van der Waals surface area contributed by atoms with Crippen molar-refractivity contribution in [1.82, 2.24) is 4.72 Å². The highest BCUT2D eigenvalue weighted by Crippen LogP contribution is 2.15. The van der Waals surface area contributed by atoms with Crippen molar-refractivity contribution >= 4 is 34.0 Å². The lowest BCUT2D eigenvalue weighted by Crippen LogP contribution is -2.34. The topological polar surface area (TPSA) is 101 Å². The van der Waals surface area contributed by atoms with E-state index < -0.39 is 10.0 Å². The Hall–Kier alpha value is -1.15. The monoisotopic (exact) mass is 349 g/mol. The van der Waals surface area contributed by atoms with E-state index in [4.69, 9.17) is 5.73 Å². The third-order valence-electron chi connectivity index (χ3n) is 3.18. The molecule has 0 aliphatic heterocycles. The second-order valence-electron chi connectivity index (χ2n) is 5.06. The fourth-order valence-corrected chi connectivity index (χ4v) is 2.67. The molecular formula is C14H24ClN3O3S. The molecule has 0 radical (unpaired) electrons. The van der Waals surface area contributed by atoms with Crippen molar-refractivity contribution in [3.05, 3.63) is 24.3 Å². The Labute approximate surface area is 138 Å². The van der Waals surface area contributed by atoms with E-state index in [-0.39, 0.29) is 35.2 Å². The third-order valence-corrected chi connectivity index (χ3v) is 4.65. The maximum Gasteiger partial charge on any atom is 0.240 e. The Balaban J connectivity index is 0.00000441. The van der Waals surface area contributed by atoms with Crippen LogP contribution in [0.4, 0.5) is 5.69 Å². The van der Waals surface area contributed by atoms with E-state index in [1.165, 1.54) is 12.1 Å². The van der Waals surface area contributed by atoms with E-state index in [0.29, 0.717) is 12.2 Å². The van der Waals surface area contributed by atoms with Gasteiger partial charge in [0.15, 0.2) is 0 Å². The van der Waals surface area contributed by atoms with Gasteiger partial charge >= 0.3 is 0 Å². The van der Waals surface area contributed by atoms with Crippen molar-refractivity contribution in [1.29, 1.82) is 0 Å². The molecule has 0 fully saturated rings. The van der Waals surface area contributed by atoms with Gasteiger partial charge in [0, 0.05) is 18.3 Å². The van der Waals surface area contributed by atoms with Crippen LogP contribution in [0.5, 0.6) is 0 Å². The summed E-state index contributed by atoms with van der Waals surface area (Å²) >= 11 is 0. The summed E-state index contributed by atoms with van der Waals surface area (Å²) in [5, 5.41) is 2.71. The fraction of sp³-hybridized carbons (Fsp3) is 0.500. The molecule has 126 valence electrons. The molecule has 0 bridgehead atoms. The lowest BCUT2D eigenvalue weighted by molar-refractivity contribution is -0.119. The summed E-state index contributed by atoms with van der Waals surface area (Å²) in [6, 6.07) is 5.80. The molecule has 0 aliphatic rings. The predicted octanol–water partition coefficient (Wildman–Crippen LogP) is 1.72. The Bertz CT molecular complexity index is 574. The van der Waals surface area contributed by atoms with E-state index in [1.54, 1.807) is 26.0 Å². The number of halogens is 1. The summed E-state index contributed by atoms with van der Waals surface area (Å²) in [6.07, 6.45) is 0.725. The van der Waals surface area contributed by atoms with Crippen molar-refractivity contribution < 1.29 is 13.2 Å². The van der Waals surface area contributed by atoms with Gasteiger partial charge in [-0.2, -0.15) is 0 Å². The van der Waals surface area contributed by atoms with Crippen molar-refractivity contribution in [2.75, 3.05) is 11.9 Å². The molecule has 1 rings (SSSR count). The van der Waals surface area contributed by atoms with Crippen LogP contribution in [0.15, 0.2) is 29.2 Å². The van der Waals surface area contributed by atoms with Crippen LogP contribution < -0.4 is 15.8 Å². The minimum atomic E-state index is -3.48. The zero-order valence-corrected chi connectivity index (χ0v) is 14.6. The van der Waals surface area contributed by atoms with Crippen LogP contribution >= 0.6 is 12.4 Å². The van der Waals surface area contributed by atoms with Crippen LogP contribution in [0.25, 0.3) is 0 Å². The summed E-state index contributed by atoms with van der Waals surface area (Å²) in [6.45, 7) is 5.79. The highest BCUT2D eigenvalue weighted by atomic mass is 35.5. The Morgan fingerprint density at radius 1 is 1.23 bits per heavy atom. The number of nitrogens with two attached hydrogens (primary N) is 1. The van der Waals surface area contributed by atoms with Crippen molar-refractivity contribution in [2.24, 2.45) is 11.7 Å². The smallest absolute Gasteiger partial charge is 0.240 e. The minimum absolute atomic E-state index is 0. The molecular weight excluding hydrogens is 326 g/mol. The van der Waals surface area contributed by atoms with E-state index in [9.17, 15) is 13.2 Å². The SMILES string of the molecule is CCCNS(=O)(=O)c1ccc(NC(=O)C(C)C(C)N)cc1.Cl. The quantitative estimate of drug-likeness (QED) is 0.697. The molecule has 2 atom stereocenters. The molecule has 1 amide bonds. The van der Waals surface area contributed by atoms with Crippen LogP contribution in [-0.2, 0) is 14.8 Å². The van der Waals surface area contributed by atoms with E-state index >= 15 is 0 Å². The number of rotatable bonds is 7. The van der Waals surface area contributed by atoms with Crippen LogP contribution in [0.2, 0.25) is 0 Å². The summed E-state index contributed by atoms with van der Waals surface area (Å²) < 4.78 is 26.3. The molecule has 0 spiro atoms. The van der Waals surface area contributed by atoms with Gasteiger partial charge in [-0.3, -0.25) is 4.79 Å². The molecule has 6 nitrogen and oxygen atoms in total. The van der Waals surface area contributed by atoms with Gasteiger partial charge in [-0.1, -0.05) is 13.8 Å². The fourth-order valence-electron chi connectivity index (χ4n) is 1.53. The van der Waals surface area contributed by atoms with Gasteiger partial charge in [-0.05, 0) is 37.6 Å². The number of carbonyl (C=O) groups is 1. The average Bonchev–Trinajstić information content (AvgIpc) is 2.44. The molecule has 0 saturated heterocycles. The predicted molar refractivity (Wildman–Crippen MR) is 90.6 cm³/mol. The highest BCUT2D eigenvalue weighted by Gasteiger charge is 2.17. The zero-order chi connectivity index (χ0) is 16.0. The number of anilines is 1. The summed E-state index contributed by atoms with van der Waals surface area (Å²) in [5.74, 6) is -0.510. The van der Waals surface area contributed by atoms with Gasteiger partial charge in [0.1, 0.15) is 0 Å². The molecule has 2 unspecified atom stereocenters. The van der Waals surface area contributed by atoms with E-state index in [1.807, 2.05) is 6.92 Å². The molecule has 4 N–H and O–H groups in total. The lowest BCUT2D eigenvalue weighted by atomic mass is 10.0. The maximum atomic E-state index is 11.9. The molecule has 0 aromatic heterocycles. The summed E-state index contributed by atoms with van der Waals surface area (Å²) in [7, 11) is -3.48. The molecule has 0 aliphatic carbocycles. The Kier molecular flexibility index (Phi) is 8.62. The number of benzene rings is 1. The molecule has 0 heterocycles. The van der Waals surface area contributed by atoms with Gasteiger partial charge in [-0.25, -0.2) is 13.1 Å². The number of nitrogens with one attached hydrogen (secondary N) is 2. The van der Waals surface area contributed by atoms with E-state index in [0.717, 1.165) is 6.42 Å². The first-order valence-corrected chi connectivity index (χ1v) is 8.42. The number of hydrogen-bond donors (Lipinski definition) is 3. The number of carbonyl (C=O) groups excluding carboxylic acids is 1. The molecule has 1 aromatic rings. The summed E-state index contributed by atoms with van der Waals surface area (Å²) in [5.41, 5.74) is 6.21. The van der Waals surface area contributed by atoms with Crippen LogP contribution in [0.1, 0.15) is 27.2 Å². The van der Waals surface area contributed by atoms with Crippen molar-refractivity contribution in [3.63, 3.8) is 0 Å². The summed E-state index contributed by atoms with van der Waals surface area (Å²) in [4.78, 5) is 12.0. The largest absolute Gasteiger partial charge is 0.327 e. The first-order valence-electron chi connectivity index (χ1n) is 6.94. The number of amides is 1. The third kappa shape index (κ3) is 5.92. The normalized spacial score (nSPS) is 13.8. The van der Waals surface area contributed by atoms with Crippen LogP contribution in [0, 0.1) is 5.92 Å². The maximum absolute atomic E-state index is 11.9. The second-order valence-corrected chi connectivity index (χ2v) is 6.83. The van der Waals surface area contributed by atoms with Crippen molar-refractivity contribution in [3.8, 4) is 0 Å². The number of sulfonamides is 1. The Morgan fingerprint density at radius 2 is 1.77 bits per heavy atom. The van der Waals surface area contributed by atoms with E-state index in [2.05, 4.69) is 10.0 Å². The highest BCUT2D eigenvalue weighted by molar-refractivity contribution is 7.89. The first-order chi connectivity index (χ1) is 9.77. The standard InChI is InChI=1S/C14H23N3O3S.ClH/c1-4-9-16-21(19,20)13-7-5-12(6-8-13)17-14(18)10(2)11(3)15;/h5-8,10-11,16H,4,9,15H2,1-3H3,(H,17,18);1H. The molecule has 8 heteroatoms. The molecule has 22 heavy (non-hydrogen) atoms. The second kappa shape index (κ2) is 9.09. The molecule has 1 aromatic carbocycles.